The van der Waals surface area contributed by atoms with Crippen molar-refractivity contribution in [3.63, 3.8) is 0 Å². The van der Waals surface area contributed by atoms with Crippen LogP contribution in [0, 0.1) is 0 Å². The Morgan fingerprint density at radius 1 is 0.655 bits per heavy atom. The van der Waals surface area contributed by atoms with Gasteiger partial charge in [0.25, 0.3) is 0 Å². The van der Waals surface area contributed by atoms with Gasteiger partial charge < -0.3 is 16.4 Å². The fourth-order valence-corrected chi connectivity index (χ4v) is 2.97. The van der Waals surface area contributed by atoms with Gasteiger partial charge in [0, 0.05) is 29.9 Å². The Balaban J connectivity index is 1.47. The first-order valence-electron chi connectivity index (χ1n) is 9.66. The topological polar surface area (TPSA) is 84.2 Å². The molecule has 0 aliphatic rings. The number of hydrogen-bond acceptors (Lipinski definition) is 3. The molecule has 4 N–H and O–H groups in total. The summed E-state index contributed by atoms with van der Waals surface area (Å²) in [6.45, 7) is 0. The van der Waals surface area contributed by atoms with Crippen LogP contribution in [0.15, 0.2) is 78.9 Å². The van der Waals surface area contributed by atoms with Crippen molar-refractivity contribution < 1.29 is 9.59 Å². The quantitative estimate of drug-likeness (QED) is 0.501. The Hall–Kier alpha value is -3.60. The third kappa shape index (κ3) is 6.81. The van der Waals surface area contributed by atoms with Crippen molar-refractivity contribution in [1.82, 2.24) is 0 Å². The zero-order valence-electron chi connectivity index (χ0n) is 16.2. The lowest BCUT2D eigenvalue weighted by Gasteiger charge is -2.09. The predicted octanol–water partition coefficient (Wildman–Crippen LogP) is 4.41. The maximum Gasteiger partial charge on any atom is 0.224 e. The highest BCUT2D eigenvalue weighted by atomic mass is 16.2. The molecule has 0 fully saturated rings. The van der Waals surface area contributed by atoms with Gasteiger partial charge in [0.2, 0.25) is 11.8 Å². The largest absolute Gasteiger partial charge is 0.399 e. The molecular formula is C24H25N3O2. The number of nitrogens with two attached hydrogens (primary N) is 1. The lowest BCUT2D eigenvalue weighted by atomic mass is 10.1. The first-order valence-corrected chi connectivity index (χ1v) is 9.66. The number of carbonyl (C=O) groups is 2. The summed E-state index contributed by atoms with van der Waals surface area (Å²) in [5, 5.41) is 5.77. The molecule has 0 bridgehead atoms. The normalized spacial score (nSPS) is 10.3. The third-order valence-corrected chi connectivity index (χ3v) is 4.53. The van der Waals surface area contributed by atoms with E-state index >= 15 is 0 Å². The summed E-state index contributed by atoms with van der Waals surface area (Å²) >= 11 is 0. The fourth-order valence-electron chi connectivity index (χ4n) is 2.97. The van der Waals surface area contributed by atoms with Gasteiger partial charge in [-0.3, -0.25) is 9.59 Å². The number of amides is 2. The van der Waals surface area contributed by atoms with Gasteiger partial charge in [-0.15, -0.1) is 0 Å². The van der Waals surface area contributed by atoms with Crippen LogP contribution in [0.25, 0.3) is 0 Å². The molecule has 0 saturated heterocycles. The molecular weight excluding hydrogens is 362 g/mol. The van der Waals surface area contributed by atoms with E-state index in [4.69, 9.17) is 5.73 Å². The molecule has 2 amide bonds. The zero-order chi connectivity index (χ0) is 20.5. The van der Waals surface area contributed by atoms with E-state index in [0.29, 0.717) is 42.7 Å². The van der Waals surface area contributed by atoms with Crippen molar-refractivity contribution in [2.75, 3.05) is 16.4 Å². The molecule has 0 heterocycles. The van der Waals surface area contributed by atoms with E-state index in [1.807, 2.05) is 66.7 Å². The van der Waals surface area contributed by atoms with Crippen LogP contribution in [0.1, 0.15) is 24.0 Å². The summed E-state index contributed by atoms with van der Waals surface area (Å²) in [6, 6.07) is 24.6. The molecule has 5 nitrogen and oxygen atoms in total. The maximum absolute atomic E-state index is 12.2. The Morgan fingerprint density at radius 2 is 1.17 bits per heavy atom. The van der Waals surface area contributed by atoms with Gasteiger partial charge >= 0.3 is 0 Å². The van der Waals surface area contributed by atoms with E-state index in [1.54, 1.807) is 12.1 Å². The summed E-state index contributed by atoms with van der Waals surface area (Å²) < 4.78 is 0. The molecule has 0 saturated carbocycles. The van der Waals surface area contributed by atoms with E-state index < -0.39 is 0 Å². The second kappa shape index (κ2) is 10.1. The van der Waals surface area contributed by atoms with Gasteiger partial charge in [0.05, 0.1) is 0 Å². The van der Waals surface area contributed by atoms with Crippen molar-refractivity contribution in [1.29, 1.82) is 0 Å². The number of nitrogen functional groups attached to an aromatic ring is 1. The van der Waals surface area contributed by atoms with Crippen LogP contribution < -0.4 is 16.4 Å². The first-order chi connectivity index (χ1) is 14.1. The summed E-state index contributed by atoms with van der Waals surface area (Å²) in [5.41, 5.74) is 9.90. The van der Waals surface area contributed by atoms with Crippen LogP contribution in [-0.4, -0.2) is 11.8 Å². The molecule has 0 unspecified atom stereocenters. The van der Waals surface area contributed by atoms with Crippen molar-refractivity contribution in [3.8, 4) is 0 Å². The highest BCUT2D eigenvalue weighted by Gasteiger charge is 2.06. The minimum Gasteiger partial charge on any atom is -0.399 e. The molecule has 0 spiro atoms. The smallest absolute Gasteiger partial charge is 0.224 e. The summed E-state index contributed by atoms with van der Waals surface area (Å²) in [5.74, 6) is -0.130. The second-order valence-electron chi connectivity index (χ2n) is 6.90. The van der Waals surface area contributed by atoms with E-state index in [9.17, 15) is 9.59 Å². The summed E-state index contributed by atoms with van der Waals surface area (Å²) in [4.78, 5) is 24.4. The molecule has 148 valence electrons. The van der Waals surface area contributed by atoms with Crippen molar-refractivity contribution in [3.05, 3.63) is 90.0 Å². The monoisotopic (exact) mass is 387 g/mol. The number of rotatable bonds is 8. The van der Waals surface area contributed by atoms with Crippen LogP contribution in [0.3, 0.4) is 0 Å². The van der Waals surface area contributed by atoms with Crippen molar-refractivity contribution >= 4 is 28.9 Å². The fraction of sp³-hybridized carbons (Fsp3) is 0.167. The molecule has 3 aromatic carbocycles. The van der Waals surface area contributed by atoms with Gasteiger partial charge in [-0.1, -0.05) is 48.5 Å². The van der Waals surface area contributed by atoms with E-state index in [2.05, 4.69) is 10.6 Å². The van der Waals surface area contributed by atoms with Gasteiger partial charge in [0.15, 0.2) is 0 Å². The predicted molar refractivity (Wildman–Crippen MR) is 118 cm³/mol. The molecule has 0 aliphatic carbocycles. The number of aryl methyl sites for hydroxylation is 2. The molecule has 0 atom stereocenters. The number of carbonyl (C=O) groups excluding carboxylic acids is 2. The van der Waals surface area contributed by atoms with Gasteiger partial charge in [-0.05, 0) is 54.3 Å². The van der Waals surface area contributed by atoms with Crippen molar-refractivity contribution in [2.45, 2.75) is 25.7 Å². The standard InChI is InChI=1S/C24H25N3O2/c25-20-13-9-19(10-14-20)12-16-24(29)27-22-8-4-7-21(17-22)26-23(28)15-11-18-5-2-1-3-6-18/h1-10,13-14,17H,11-12,15-16,25H2,(H,26,28)(H,27,29). The SMILES string of the molecule is Nc1ccc(CCC(=O)Nc2cccc(NC(=O)CCc3ccccc3)c2)cc1. The van der Waals surface area contributed by atoms with Crippen LogP contribution >= 0.6 is 0 Å². The third-order valence-electron chi connectivity index (χ3n) is 4.53. The average Bonchev–Trinajstić information content (AvgIpc) is 2.73. The minimum atomic E-state index is -0.0746. The number of hydrogen-bond donors (Lipinski definition) is 3. The minimum absolute atomic E-state index is 0.0549. The number of anilines is 3. The molecule has 29 heavy (non-hydrogen) atoms. The molecule has 0 aromatic heterocycles. The molecule has 3 rings (SSSR count). The number of benzene rings is 3. The van der Waals surface area contributed by atoms with Gasteiger partial charge in [-0.2, -0.15) is 0 Å². The van der Waals surface area contributed by atoms with E-state index in [1.165, 1.54) is 0 Å². The Labute approximate surface area is 170 Å². The Kier molecular flexibility index (Phi) is 7.00. The van der Waals surface area contributed by atoms with Gasteiger partial charge in [-0.25, -0.2) is 0 Å². The number of nitrogens with one attached hydrogen (secondary N) is 2. The van der Waals surface area contributed by atoms with Crippen LogP contribution in [0.4, 0.5) is 17.1 Å². The average molecular weight is 387 g/mol. The van der Waals surface area contributed by atoms with E-state index in [0.717, 1.165) is 11.1 Å². The molecule has 5 heteroatoms. The Morgan fingerprint density at radius 3 is 1.72 bits per heavy atom. The van der Waals surface area contributed by atoms with Crippen molar-refractivity contribution in [2.24, 2.45) is 0 Å². The summed E-state index contributed by atoms with van der Waals surface area (Å²) in [7, 11) is 0. The highest BCUT2D eigenvalue weighted by molar-refractivity contribution is 5.94. The van der Waals surface area contributed by atoms with E-state index in [-0.39, 0.29) is 11.8 Å². The van der Waals surface area contributed by atoms with Crippen LogP contribution in [0.2, 0.25) is 0 Å². The lowest BCUT2D eigenvalue weighted by Crippen LogP contribution is -2.14. The molecule has 3 aromatic rings. The maximum atomic E-state index is 12.2. The summed E-state index contributed by atoms with van der Waals surface area (Å²) in [6.07, 6.45) is 2.11. The Bertz CT molecular complexity index is 953. The molecule has 0 aliphatic heterocycles. The lowest BCUT2D eigenvalue weighted by molar-refractivity contribution is -0.116. The van der Waals surface area contributed by atoms with Gasteiger partial charge in [0.1, 0.15) is 0 Å². The first kappa shape index (κ1) is 20.1. The highest BCUT2D eigenvalue weighted by Crippen LogP contribution is 2.16. The van der Waals surface area contributed by atoms with Crippen LogP contribution in [-0.2, 0) is 22.4 Å². The zero-order valence-corrected chi connectivity index (χ0v) is 16.2. The second-order valence-corrected chi connectivity index (χ2v) is 6.90. The molecule has 0 radical (unpaired) electrons. The van der Waals surface area contributed by atoms with Crippen LogP contribution in [0.5, 0.6) is 0 Å².